The molecule has 1 saturated heterocycles. The van der Waals surface area contributed by atoms with Crippen LogP contribution in [-0.2, 0) is 6.42 Å². The van der Waals surface area contributed by atoms with Gasteiger partial charge in [-0.25, -0.2) is 9.97 Å². The minimum absolute atomic E-state index is 0.601. The molecule has 0 saturated carbocycles. The van der Waals surface area contributed by atoms with Crippen LogP contribution in [0.15, 0.2) is 6.07 Å². The van der Waals surface area contributed by atoms with E-state index in [2.05, 4.69) is 40.1 Å². The molecule has 0 amide bonds. The Kier molecular flexibility index (Phi) is 3.39. The highest BCUT2D eigenvalue weighted by Gasteiger charge is 2.24. The number of hydrogen-bond donors (Lipinski definition) is 1. The van der Waals surface area contributed by atoms with Gasteiger partial charge < -0.3 is 10.2 Å². The maximum Gasteiger partial charge on any atom is 0.132 e. The highest BCUT2D eigenvalue weighted by molar-refractivity contribution is 5.42. The third kappa shape index (κ3) is 2.16. The van der Waals surface area contributed by atoms with Gasteiger partial charge in [0.25, 0.3) is 0 Å². The lowest BCUT2D eigenvalue weighted by Crippen LogP contribution is -2.57. The largest absolute Gasteiger partial charge is 0.351 e. The normalized spacial score (nSPS) is 15.9. The van der Waals surface area contributed by atoms with Crippen LogP contribution in [0.2, 0.25) is 0 Å². The Morgan fingerprint density at radius 1 is 1.38 bits per heavy atom. The van der Waals surface area contributed by atoms with E-state index in [4.69, 9.17) is 0 Å². The van der Waals surface area contributed by atoms with Crippen molar-refractivity contribution in [3.63, 3.8) is 0 Å². The zero-order chi connectivity index (χ0) is 11.5. The van der Waals surface area contributed by atoms with Gasteiger partial charge in [-0.05, 0) is 20.3 Å². The number of rotatable bonds is 4. The average molecular weight is 220 g/mol. The van der Waals surface area contributed by atoms with E-state index in [1.165, 1.54) is 0 Å². The second-order valence-corrected chi connectivity index (χ2v) is 4.22. The highest BCUT2D eigenvalue weighted by atomic mass is 15.3. The number of likely N-dealkylation sites (N-methyl/N-ethyl adjacent to an activating group) is 1. The van der Waals surface area contributed by atoms with Crippen LogP contribution in [0.3, 0.4) is 0 Å². The lowest BCUT2D eigenvalue weighted by Gasteiger charge is -2.38. The third-order valence-corrected chi connectivity index (χ3v) is 3.08. The summed E-state index contributed by atoms with van der Waals surface area (Å²) in [5.74, 6) is 1.96. The second kappa shape index (κ2) is 4.78. The summed E-state index contributed by atoms with van der Waals surface area (Å²) in [5, 5.41) is 3.30. The van der Waals surface area contributed by atoms with Gasteiger partial charge >= 0.3 is 0 Å². The van der Waals surface area contributed by atoms with Gasteiger partial charge in [-0.15, -0.1) is 0 Å². The summed E-state index contributed by atoms with van der Waals surface area (Å²) in [5.41, 5.74) is 1.13. The molecule has 0 unspecified atom stereocenters. The lowest BCUT2D eigenvalue weighted by molar-refractivity contribution is 0.415. The molecule has 0 atom stereocenters. The molecule has 88 valence electrons. The van der Waals surface area contributed by atoms with Gasteiger partial charge in [0.2, 0.25) is 0 Å². The van der Waals surface area contributed by atoms with Gasteiger partial charge in [-0.3, -0.25) is 0 Å². The zero-order valence-corrected chi connectivity index (χ0v) is 10.3. The standard InChI is InChI=1S/C12H20N4/c1-4-10-6-12(15-9(3)14-10)16(5-2)11-7-13-8-11/h6,11,13H,4-5,7-8H2,1-3H3. The molecule has 4 heteroatoms. The maximum atomic E-state index is 4.54. The van der Waals surface area contributed by atoms with Crippen LogP contribution < -0.4 is 10.2 Å². The van der Waals surface area contributed by atoms with Crippen molar-refractivity contribution in [2.24, 2.45) is 0 Å². The predicted octanol–water partition coefficient (Wildman–Crippen LogP) is 1.15. The fourth-order valence-electron chi connectivity index (χ4n) is 2.04. The van der Waals surface area contributed by atoms with E-state index >= 15 is 0 Å². The van der Waals surface area contributed by atoms with Crippen molar-refractivity contribution in [3.05, 3.63) is 17.6 Å². The number of nitrogens with one attached hydrogen (secondary N) is 1. The van der Waals surface area contributed by atoms with E-state index in [-0.39, 0.29) is 0 Å². The number of aromatic nitrogens is 2. The van der Waals surface area contributed by atoms with Crippen LogP contribution in [0.4, 0.5) is 5.82 Å². The van der Waals surface area contributed by atoms with Crippen molar-refractivity contribution in [3.8, 4) is 0 Å². The minimum Gasteiger partial charge on any atom is -0.351 e. The smallest absolute Gasteiger partial charge is 0.132 e. The minimum atomic E-state index is 0.601. The zero-order valence-electron chi connectivity index (χ0n) is 10.3. The first kappa shape index (κ1) is 11.3. The quantitative estimate of drug-likeness (QED) is 0.826. The van der Waals surface area contributed by atoms with Gasteiger partial charge in [0.05, 0.1) is 6.04 Å². The first-order valence-corrected chi connectivity index (χ1v) is 6.06. The van der Waals surface area contributed by atoms with Gasteiger partial charge in [-0.2, -0.15) is 0 Å². The molecule has 0 radical (unpaired) electrons. The van der Waals surface area contributed by atoms with Crippen molar-refractivity contribution in [2.75, 3.05) is 24.5 Å². The molecule has 0 aliphatic carbocycles. The fraction of sp³-hybridized carbons (Fsp3) is 0.667. The van der Waals surface area contributed by atoms with E-state index in [9.17, 15) is 0 Å². The van der Waals surface area contributed by atoms with Crippen molar-refractivity contribution < 1.29 is 0 Å². The molecular formula is C12H20N4. The molecule has 2 heterocycles. The lowest BCUT2D eigenvalue weighted by atomic mass is 10.1. The van der Waals surface area contributed by atoms with E-state index in [0.29, 0.717) is 6.04 Å². The van der Waals surface area contributed by atoms with Gasteiger partial charge in [-0.1, -0.05) is 6.92 Å². The monoisotopic (exact) mass is 220 g/mol. The molecule has 1 aromatic heterocycles. The Bertz CT molecular complexity index is 360. The van der Waals surface area contributed by atoms with E-state index < -0.39 is 0 Å². The Hall–Kier alpha value is -1.16. The molecule has 0 spiro atoms. The van der Waals surface area contributed by atoms with Crippen molar-refractivity contribution in [2.45, 2.75) is 33.2 Å². The van der Waals surface area contributed by atoms with E-state index in [0.717, 1.165) is 43.4 Å². The Labute approximate surface area is 97.1 Å². The molecule has 4 nitrogen and oxygen atoms in total. The van der Waals surface area contributed by atoms with Crippen molar-refractivity contribution in [1.29, 1.82) is 0 Å². The van der Waals surface area contributed by atoms with E-state index in [1.807, 2.05) is 6.92 Å². The van der Waals surface area contributed by atoms with Crippen LogP contribution in [0.5, 0.6) is 0 Å². The van der Waals surface area contributed by atoms with E-state index in [1.54, 1.807) is 0 Å². The maximum absolute atomic E-state index is 4.54. The molecule has 1 N–H and O–H groups in total. The van der Waals surface area contributed by atoms with Crippen molar-refractivity contribution >= 4 is 5.82 Å². The molecular weight excluding hydrogens is 200 g/mol. The summed E-state index contributed by atoms with van der Waals surface area (Å²) in [6.07, 6.45) is 0.969. The second-order valence-electron chi connectivity index (χ2n) is 4.22. The number of nitrogens with zero attached hydrogens (tertiary/aromatic N) is 3. The molecule has 1 fully saturated rings. The van der Waals surface area contributed by atoms with Gasteiger partial charge in [0, 0.05) is 31.4 Å². The van der Waals surface area contributed by atoms with Gasteiger partial charge in [0.1, 0.15) is 11.6 Å². The number of aryl methyl sites for hydroxylation is 2. The molecule has 1 aliphatic heterocycles. The van der Waals surface area contributed by atoms with Crippen LogP contribution in [0, 0.1) is 6.92 Å². The molecule has 1 aromatic rings. The molecule has 0 aromatic carbocycles. The van der Waals surface area contributed by atoms with Crippen LogP contribution in [0.25, 0.3) is 0 Å². The Morgan fingerprint density at radius 3 is 2.62 bits per heavy atom. The van der Waals surface area contributed by atoms with Crippen LogP contribution >= 0.6 is 0 Å². The van der Waals surface area contributed by atoms with Gasteiger partial charge in [0.15, 0.2) is 0 Å². The summed E-state index contributed by atoms with van der Waals surface area (Å²) in [6.45, 7) is 9.42. The fourth-order valence-corrected chi connectivity index (χ4v) is 2.04. The highest BCUT2D eigenvalue weighted by Crippen LogP contribution is 2.17. The summed E-state index contributed by atoms with van der Waals surface area (Å²) < 4.78 is 0. The van der Waals surface area contributed by atoms with Crippen LogP contribution in [-0.4, -0.2) is 35.6 Å². The average Bonchev–Trinajstić information content (AvgIpc) is 2.22. The topological polar surface area (TPSA) is 41.0 Å². The first-order chi connectivity index (χ1) is 7.74. The number of anilines is 1. The molecule has 0 bridgehead atoms. The molecule has 16 heavy (non-hydrogen) atoms. The summed E-state index contributed by atoms with van der Waals surface area (Å²) in [7, 11) is 0. The van der Waals surface area contributed by atoms with Crippen LogP contribution in [0.1, 0.15) is 25.4 Å². The van der Waals surface area contributed by atoms with Crippen molar-refractivity contribution in [1.82, 2.24) is 15.3 Å². The molecule has 2 rings (SSSR count). The first-order valence-electron chi connectivity index (χ1n) is 6.06. The SMILES string of the molecule is CCc1cc(N(CC)C2CNC2)nc(C)n1. The Morgan fingerprint density at radius 2 is 2.12 bits per heavy atom. The predicted molar refractivity (Wildman–Crippen MR) is 65.8 cm³/mol. The third-order valence-electron chi connectivity index (χ3n) is 3.08. The molecule has 1 aliphatic rings. The summed E-state index contributed by atoms with van der Waals surface area (Å²) in [6, 6.07) is 2.72. The summed E-state index contributed by atoms with van der Waals surface area (Å²) >= 11 is 0. The number of hydrogen-bond acceptors (Lipinski definition) is 4. The summed E-state index contributed by atoms with van der Waals surface area (Å²) in [4.78, 5) is 11.3. The Balaban J connectivity index is 2.25.